The van der Waals surface area contributed by atoms with Crippen molar-refractivity contribution in [3.8, 4) is 17.1 Å². The van der Waals surface area contributed by atoms with Crippen LogP contribution < -0.4 is 20.7 Å². The first-order chi connectivity index (χ1) is 26.2. The maximum absolute atomic E-state index is 16.8. The predicted molar refractivity (Wildman–Crippen MR) is 219 cm³/mol. The van der Waals surface area contributed by atoms with E-state index in [2.05, 4.69) is 113 Å². The van der Waals surface area contributed by atoms with Crippen LogP contribution in [0.4, 0.5) is 4.39 Å². The molecule has 3 aromatic heterocycles. The minimum atomic E-state index is -2.91. The zero-order valence-corrected chi connectivity index (χ0v) is 30.4. The van der Waals surface area contributed by atoms with E-state index in [4.69, 9.17) is 4.98 Å². The molecule has 0 saturated heterocycles. The van der Waals surface area contributed by atoms with Gasteiger partial charge in [-0.15, -0.1) is 0 Å². The van der Waals surface area contributed by atoms with Crippen LogP contribution in [0.1, 0.15) is 17.3 Å². The lowest BCUT2D eigenvalue weighted by molar-refractivity contribution is 0.402. The molecule has 6 heteroatoms. The van der Waals surface area contributed by atoms with Gasteiger partial charge in [-0.3, -0.25) is 9.55 Å². The molecule has 0 spiro atoms. The number of benzene rings is 6. The van der Waals surface area contributed by atoms with Gasteiger partial charge in [0.25, 0.3) is 0 Å². The number of pyridine rings is 2. The van der Waals surface area contributed by atoms with E-state index >= 15 is 4.39 Å². The number of halogens is 1. The summed E-state index contributed by atoms with van der Waals surface area (Å²) in [5, 5.41) is 7.70. The van der Waals surface area contributed by atoms with Gasteiger partial charge in [0.05, 0.1) is 16.7 Å². The summed E-state index contributed by atoms with van der Waals surface area (Å²) < 4.78 is 19.1. The molecule has 3 nitrogen and oxygen atoms in total. The molecule has 0 bridgehead atoms. The summed E-state index contributed by atoms with van der Waals surface area (Å²) in [4.78, 5) is 11.9. The zero-order valence-electron chi connectivity index (χ0n) is 28.6. The first-order valence-electron chi connectivity index (χ1n) is 17.8. The molecule has 252 valence electrons. The zero-order chi connectivity index (χ0) is 35.4. The van der Waals surface area contributed by atoms with Crippen molar-refractivity contribution >= 4 is 62.4 Å². The van der Waals surface area contributed by atoms with Gasteiger partial charge in [0.15, 0.2) is 14.2 Å². The highest BCUT2D eigenvalue weighted by Crippen LogP contribution is 2.41. The van der Waals surface area contributed by atoms with Crippen molar-refractivity contribution in [3.63, 3.8) is 0 Å². The number of hydrogen-bond acceptors (Lipinski definition) is 3. The summed E-state index contributed by atoms with van der Waals surface area (Å²) in [5.74, 6) is 0.799. The normalized spacial score (nSPS) is 13.8. The Kier molecular flexibility index (Phi) is 7.67. The van der Waals surface area contributed by atoms with Gasteiger partial charge in [-0.2, -0.15) is 0 Å². The first kappa shape index (κ1) is 31.6. The molecule has 6 aromatic carbocycles. The quantitative estimate of drug-likeness (QED) is 0.161. The number of aromatic nitrogens is 3. The van der Waals surface area contributed by atoms with Gasteiger partial charge in [-0.25, -0.2) is 9.37 Å². The van der Waals surface area contributed by atoms with E-state index in [-0.39, 0.29) is 0 Å². The van der Waals surface area contributed by atoms with Crippen LogP contribution in [-0.2, 0) is 0 Å². The third kappa shape index (κ3) is 5.01. The molecule has 9 aromatic rings. The molecule has 1 atom stereocenters. The van der Waals surface area contributed by atoms with E-state index in [1.165, 1.54) is 35.9 Å². The molecule has 0 aliphatic carbocycles. The number of nitrogens with zero attached hydrogens (tertiary/aromatic N) is 3. The second kappa shape index (κ2) is 12.8. The van der Waals surface area contributed by atoms with Crippen LogP contribution in [0.15, 0.2) is 198 Å². The van der Waals surface area contributed by atoms with E-state index < -0.39 is 14.2 Å². The standard InChI is InChI=1S/C47H32FN3SSi/c48-46(33-15-13-14-32(30-33)38-20-9-11-28-49-38)34-24-25-37-40(31-34)51(44-23-10-12-29-50-44)39-26-27-42-47(45(37)39)53(35-16-3-1-4-17-35,36-18-5-2-6-19-36)43-22-8-7-21-41(43)52-42/h1-31,46H. The predicted octanol–water partition coefficient (Wildman–Crippen LogP) is 9.14. The SMILES string of the molecule is FC(c1cccc(-c2ccccn2)c1)c1ccc2c3c4c(ccc3n(-c3ccccn3)c2c1)Sc1ccccc1[Si]4(c1ccccc1)c1ccccc1. The molecule has 1 aliphatic rings. The molecule has 10 rings (SSSR count). The van der Waals surface area contributed by atoms with Gasteiger partial charge in [-0.1, -0.05) is 133 Å². The van der Waals surface area contributed by atoms with Gasteiger partial charge in [0, 0.05) is 38.5 Å². The molecule has 0 fully saturated rings. The summed E-state index contributed by atoms with van der Waals surface area (Å²) in [5.41, 5.74) is 4.90. The van der Waals surface area contributed by atoms with Crippen molar-refractivity contribution in [2.45, 2.75) is 16.0 Å². The average molecular weight is 718 g/mol. The molecule has 53 heavy (non-hydrogen) atoms. The maximum Gasteiger partial charge on any atom is 0.182 e. The minimum Gasteiger partial charge on any atom is -0.294 e. The molecule has 1 aliphatic heterocycles. The average Bonchev–Trinajstić information content (AvgIpc) is 3.57. The summed E-state index contributed by atoms with van der Waals surface area (Å²) in [6.45, 7) is 0. The number of hydrogen-bond donors (Lipinski definition) is 0. The fourth-order valence-electron chi connectivity index (χ4n) is 8.30. The molecule has 0 radical (unpaired) electrons. The molecule has 0 saturated carbocycles. The fraction of sp³-hybridized carbons (Fsp3) is 0.0213. The topological polar surface area (TPSA) is 30.7 Å². The van der Waals surface area contributed by atoms with Crippen LogP contribution >= 0.6 is 11.8 Å². The second-order valence-corrected chi connectivity index (χ2v) is 18.2. The lowest BCUT2D eigenvalue weighted by Crippen LogP contribution is -2.76. The Hall–Kier alpha value is -6.08. The third-order valence-electron chi connectivity index (χ3n) is 10.5. The maximum atomic E-state index is 16.8. The van der Waals surface area contributed by atoms with E-state index in [9.17, 15) is 0 Å². The van der Waals surface area contributed by atoms with Gasteiger partial charge in [0.1, 0.15) is 5.82 Å². The number of fused-ring (bicyclic) bond motifs is 6. The second-order valence-electron chi connectivity index (χ2n) is 13.4. The molecule has 1 unspecified atom stereocenters. The van der Waals surface area contributed by atoms with Gasteiger partial charge in [0.2, 0.25) is 0 Å². The monoisotopic (exact) mass is 717 g/mol. The molecule has 4 heterocycles. The van der Waals surface area contributed by atoms with Gasteiger partial charge >= 0.3 is 0 Å². The summed E-state index contributed by atoms with van der Waals surface area (Å²) in [6.07, 6.45) is 2.26. The highest BCUT2D eigenvalue weighted by atomic mass is 32.2. The lowest BCUT2D eigenvalue weighted by atomic mass is 9.98. The van der Waals surface area contributed by atoms with Crippen molar-refractivity contribution in [2.75, 3.05) is 0 Å². The van der Waals surface area contributed by atoms with Crippen molar-refractivity contribution < 1.29 is 4.39 Å². The van der Waals surface area contributed by atoms with E-state index in [0.717, 1.165) is 33.5 Å². The Labute approximate surface area is 312 Å². The van der Waals surface area contributed by atoms with Crippen LogP contribution in [0.25, 0.3) is 38.9 Å². The van der Waals surface area contributed by atoms with E-state index in [1.807, 2.05) is 90.8 Å². The van der Waals surface area contributed by atoms with Crippen LogP contribution in [-0.4, -0.2) is 22.6 Å². The van der Waals surface area contributed by atoms with Crippen LogP contribution in [0.3, 0.4) is 0 Å². The Balaban J connectivity index is 1.28. The van der Waals surface area contributed by atoms with E-state index in [1.54, 1.807) is 6.20 Å². The number of rotatable bonds is 6. The van der Waals surface area contributed by atoms with Crippen molar-refractivity contribution in [1.29, 1.82) is 0 Å². The largest absolute Gasteiger partial charge is 0.294 e. The Morgan fingerprint density at radius 3 is 1.98 bits per heavy atom. The molecular weight excluding hydrogens is 686 g/mol. The van der Waals surface area contributed by atoms with Crippen LogP contribution in [0.5, 0.6) is 0 Å². The van der Waals surface area contributed by atoms with Gasteiger partial charge < -0.3 is 0 Å². The van der Waals surface area contributed by atoms with Crippen molar-refractivity contribution in [3.05, 3.63) is 199 Å². The van der Waals surface area contributed by atoms with Crippen molar-refractivity contribution in [2.24, 2.45) is 0 Å². The Bertz CT molecular complexity index is 2730. The van der Waals surface area contributed by atoms with Crippen LogP contribution in [0.2, 0.25) is 0 Å². The summed E-state index contributed by atoms with van der Waals surface area (Å²) in [6, 6.07) is 61.3. The highest BCUT2D eigenvalue weighted by Gasteiger charge is 2.48. The minimum absolute atomic E-state index is 0.595. The smallest absolute Gasteiger partial charge is 0.182 e. The third-order valence-corrected chi connectivity index (χ3v) is 16.9. The first-order valence-corrected chi connectivity index (χ1v) is 20.6. The number of alkyl halides is 1. The highest BCUT2D eigenvalue weighted by molar-refractivity contribution is 8.00. The van der Waals surface area contributed by atoms with Gasteiger partial charge in [-0.05, 0) is 86.5 Å². The lowest BCUT2D eigenvalue weighted by Gasteiger charge is -2.40. The fourth-order valence-corrected chi connectivity index (χ4v) is 15.5. The Morgan fingerprint density at radius 1 is 0.547 bits per heavy atom. The molecule has 0 N–H and O–H groups in total. The van der Waals surface area contributed by atoms with Crippen LogP contribution in [0, 0.1) is 0 Å². The summed E-state index contributed by atoms with van der Waals surface area (Å²) in [7, 11) is -2.91. The van der Waals surface area contributed by atoms with Crippen molar-refractivity contribution in [1.82, 2.24) is 14.5 Å². The molecule has 0 amide bonds. The Morgan fingerprint density at radius 2 is 1.25 bits per heavy atom. The molecular formula is C47H32FN3SSi. The van der Waals surface area contributed by atoms with E-state index in [0.29, 0.717) is 11.1 Å². The summed E-state index contributed by atoms with van der Waals surface area (Å²) >= 11 is 1.85.